The molecule has 1 heterocycles. The van der Waals surface area contributed by atoms with Crippen LogP contribution in [0.4, 0.5) is 0 Å². The second kappa shape index (κ2) is 4.84. The van der Waals surface area contributed by atoms with Crippen molar-refractivity contribution in [3.05, 3.63) is 46.7 Å². The van der Waals surface area contributed by atoms with E-state index in [1.807, 2.05) is 35.7 Å². The highest BCUT2D eigenvalue weighted by molar-refractivity contribution is 7.09. The van der Waals surface area contributed by atoms with Crippen LogP contribution < -0.4 is 9.47 Å². The van der Waals surface area contributed by atoms with Crippen LogP contribution in [0.15, 0.2) is 41.8 Å². The third-order valence-corrected chi connectivity index (χ3v) is 2.87. The maximum Gasteiger partial charge on any atom is 0.161 e. The zero-order chi connectivity index (χ0) is 10.5. The van der Waals surface area contributed by atoms with Gasteiger partial charge in [-0.2, -0.15) is 0 Å². The van der Waals surface area contributed by atoms with Crippen LogP contribution in [0.3, 0.4) is 0 Å². The Morgan fingerprint density at radius 1 is 1.07 bits per heavy atom. The fraction of sp³-hybridized carbons (Fsp3) is 0.167. The van der Waals surface area contributed by atoms with Crippen molar-refractivity contribution in [3.63, 3.8) is 0 Å². The maximum absolute atomic E-state index is 5.66. The summed E-state index contributed by atoms with van der Waals surface area (Å²) >= 11 is 1.69. The molecule has 0 saturated heterocycles. The van der Waals surface area contributed by atoms with Crippen molar-refractivity contribution in [2.75, 3.05) is 7.11 Å². The van der Waals surface area contributed by atoms with Crippen LogP contribution in [-0.2, 0) is 6.61 Å². The van der Waals surface area contributed by atoms with Gasteiger partial charge in [0.25, 0.3) is 0 Å². The van der Waals surface area contributed by atoms with E-state index >= 15 is 0 Å². The van der Waals surface area contributed by atoms with Gasteiger partial charge in [0.1, 0.15) is 6.61 Å². The minimum atomic E-state index is 0.595. The summed E-state index contributed by atoms with van der Waals surface area (Å²) in [6.45, 7) is 0.595. The van der Waals surface area contributed by atoms with Crippen LogP contribution in [-0.4, -0.2) is 7.11 Å². The maximum atomic E-state index is 5.66. The normalized spacial score (nSPS) is 9.93. The van der Waals surface area contributed by atoms with Gasteiger partial charge in [0.05, 0.1) is 7.11 Å². The van der Waals surface area contributed by atoms with Crippen molar-refractivity contribution in [3.8, 4) is 11.5 Å². The number of benzene rings is 1. The first kappa shape index (κ1) is 10.1. The van der Waals surface area contributed by atoms with Crippen molar-refractivity contribution >= 4 is 11.3 Å². The number of ether oxygens (including phenoxy) is 2. The van der Waals surface area contributed by atoms with Gasteiger partial charge in [-0.15, -0.1) is 11.3 Å². The van der Waals surface area contributed by atoms with Crippen molar-refractivity contribution in [1.82, 2.24) is 0 Å². The number of rotatable bonds is 4. The van der Waals surface area contributed by atoms with Gasteiger partial charge in [-0.25, -0.2) is 0 Å². The minimum absolute atomic E-state index is 0.595. The van der Waals surface area contributed by atoms with Gasteiger partial charge in [-0.1, -0.05) is 18.2 Å². The first-order valence-corrected chi connectivity index (χ1v) is 5.56. The highest BCUT2D eigenvalue weighted by Gasteiger charge is 2.02. The molecule has 78 valence electrons. The monoisotopic (exact) mass is 220 g/mol. The van der Waals surface area contributed by atoms with Crippen LogP contribution in [0, 0.1) is 0 Å². The van der Waals surface area contributed by atoms with E-state index < -0.39 is 0 Å². The third kappa shape index (κ3) is 2.50. The van der Waals surface area contributed by atoms with E-state index in [1.165, 1.54) is 4.88 Å². The molecule has 15 heavy (non-hydrogen) atoms. The SMILES string of the molecule is COc1ccccc1OCc1cccs1. The number of methoxy groups -OCH3 is 1. The van der Waals surface area contributed by atoms with Gasteiger partial charge in [0.2, 0.25) is 0 Å². The van der Waals surface area contributed by atoms with Gasteiger partial charge >= 0.3 is 0 Å². The molecule has 2 aromatic rings. The molecule has 2 nitrogen and oxygen atoms in total. The van der Waals surface area contributed by atoms with Crippen LogP contribution in [0.5, 0.6) is 11.5 Å². The minimum Gasteiger partial charge on any atom is -0.493 e. The zero-order valence-electron chi connectivity index (χ0n) is 8.47. The van der Waals surface area contributed by atoms with E-state index in [-0.39, 0.29) is 0 Å². The van der Waals surface area contributed by atoms with Crippen LogP contribution in [0.1, 0.15) is 4.88 Å². The van der Waals surface area contributed by atoms with Gasteiger partial charge in [-0.05, 0) is 23.6 Å². The Morgan fingerprint density at radius 2 is 1.87 bits per heavy atom. The number of hydrogen-bond acceptors (Lipinski definition) is 3. The molecule has 0 bridgehead atoms. The van der Waals surface area contributed by atoms with E-state index in [2.05, 4.69) is 6.07 Å². The molecule has 0 amide bonds. The zero-order valence-corrected chi connectivity index (χ0v) is 9.29. The summed E-state index contributed by atoms with van der Waals surface area (Å²) in [5.41, 5.74) is 0. The van der Waals surface area contributed by atoms with E-state index in [1.54, 1.807) is 18.4 Å². The summed E-state index contributed by atoms with van der Waals surface area (Å²) in [6.07, 6.45) is 0. The molecule has 2 rings (SSSR count). The molecule has 0 aliphatic rings. The molecule has 0 saturated carbocycles. The summed E-state index contributed by atoms with van der Waals surface area (Å²) in [5.74, 6) is 1.56. The van der Waals surface area contributed by atoms with Crippen molar-refractivity contribution in [2.45, 2.75) is 6.61 Å². The summed E-state index contributed by atoms with van der Waals surface area (Å²) < 4.78 is 10.9. The van der Waals surface area contributed by atoms with Gasteiger partial charge in [-0.3, -0.25) is 0 Å². The lowest BCUT2D eigenvalue weighted by Crippen LogP contribution is -1.95. The molecule has 0 N–H and O–H groups in total. The summed E-state index contributed by atoms with van der Waals surface area (Å²) in [4.78, 5) is 1.21. The van der Waals surface area contributed by atoms with Crippen molar-refractivity contribution in [1.29, 1.82) is 0 Å². The van der Waals surface area contributed by atoms with Crippen molar-refractivity contribution in [2.24, 2.45) is 0 Å². The average Bonchev–Trinajstić information content (AvgIpc) is 2.79. The lowest BCUT2D eigenvalue weighted by molar-refractivity contribution is 0.287. The molecular formula is C12H12O2S. The van der Waals surface area contributed by atoms with E-state index in [0.717, 1.165) is 11.5 Å². The first-order chi connectivity index (χ1) is 7.40. The Bertz CT molecular complexity index is 409. The largest absolute Gasteiger partial charge is 0.493 e. The summed E-state index contributed by atoms with van der Waals surface area (Å²) in [5, 5.41) is 2.04. The van der Waals surface area contributed by atoms with E-state index in [0.29, 0.717) is 6.61 Å². The highest BCUT2D eigenvalue weighted by atomic mass is 32.1. The smallest absolute Gasteiger partial charge is 0.161 e. The first-order valence-electron chi connectivity index (χ1n) is 4.68. The second-order valence-corrected chi connectivity index (χ2v) is 4.05. The lowest BCUT2D eigenvalue weighted by Gasteiger charge is -2.08. The molecule has 0 aliphatic carbocycles. The molecule has 3 heteroatoms. The number of thiophene rings is 1. The summed E-state index contributed by atoms with van der Waals surface area (Å²) in [7, 11) is 1.65. The topological polar surface area (TPSA) is 18.5 Å². The molecule has 0 fully saturated rings. The molecule has 0 radical (unpaired) electrons. The molecule has 0 spiro atoms. The molecule has 1 aromatic heterocycles. The Morgan fingerprint density at radius 3 is 2.53 bits per heavy atom. The molecule has 1 aromatic carbocycles. The lowest BCUT2D eigenvalue weighted by atomic mass is 10.3. The molecular weight excluding hydrogens is 208 g/mol. The highest BCUT2D eigenvalue weighted by Crippen LogP contribution is 2.27. The molecule has 0 unspecified atom stereocenters. The Labute approximate surface area is 93.1 Å². The molecule has 0 atom stereocenters. The Balaban J connectivity index is 2.04. The van der Waals surface area contributed by atoms with Crippen LogP contribution >= 0.6 is 11.3 Å². The predicted octanol–water partition coefficient (Wildman–Crippen LogP) is 3.34. The number of para-hydroxylation sites is 2. The number of hydrogen-bond donors (Lipinski definition) is 0. The van der Waals surface area contributed by atoms with E-state index in [9.17, 15) is 0 Å². The fourth-order valence-electron chi connectivity index (χ4n) is 1.28. The van der Waals surface area contributed by atoms with E-state index in [4.69, 9.17) is 9.47 Å². The van der Waals surface area contributed by atoms with Gasteiger partial charge < -0.3 is 9.47 Å². The fourth-order valence-corrected chi connectivity index (χ4v) is 1.90. The van der Waals surface area contributed by atoms with Gasteiger partial charge in [0, 0.05) is 4.88 Å². The van der Waals surface area contributed by atoms with Crippen LogP contribution in [0.2, 0.25) is 0 Å². The Kier molecular flexibility index (Phi) is 3.25. The quantitative estimate of drug-likeness (QED) is 0.786. The third-order valence-electron chi connectivity index (χ3n) is 2.02. The van der Waals surface area contributed by atoms with Gasteiger partial charge in [0.15, 0.2) is 11.5 Å². The predicted molar refractivity (Wildman–Crippen MR) is 61.6 cm³/mol. The Hall–Kier alpha value is -1.48. The summed E-state index contributed by atoms with van der Waals surface area (Å²) in [6, 6.07) is 11.7. The molecule has 0 aliphatic heterocycles. The van der Waals surface area contributed by atoms with Crippen LogP contribution in [0.25, 0.3) is 0 Å². The standard InChI is InChI=1S/C12H12O2S/c1-13-11-6-2-3-7-12(11)14-9-10-5-4-8-15-10/h2-8H,9H2,1H3. The average molecular weight is 220 g/mol. The second-order valence-electron chi connectivity index (χ2n) is 3.02. The van der Waals surface area contributed by atoms with Crippen molar-refractivity contribution < 1.29 is 9.47 Å².